The number of nitrogens with zero attached hydrogens (tertiary/aromatic N) is 2. The molecule has 1 aromatic heterocycles. The number of esters is 1. The average Bonchev–Trinajstić information content (AvgIpc) is 3.15. The first-order valence-electron chi connectivity index (χ1n) is 9.40. The highest BCUT2D eigenvalue weighted by molar-refractivity contribution is 7.99. The standard InChI is InChI=1S/C20H24FN3O3S/c1-14-5-2-3-8-17(14)23-18(25)12-27-19(26)13-28-20-22-9-10-24(20)16-7-4-6-15(21)11-16/h4,6-7,9-11,14,17H,2-3,5,8,12-13H2,1H3,(H,23,25)/t14-,17+/m0/s1. The number of benzene rings is 1. The number of imidazole rings is 1. The Bertz CT molecular complexity index is 827. The molecule has 0 bridgehead atoms. The van der Waals surface area contributed by atoms with Gasteiger partial charge in [0.1, 0.15) is 5.82 Å². The van der Waals surface area contributed by atoms with Gasteiger partial charge in [0, 0.05) is 18.4 Å². The van der Waals surface area contributed by atoms with E-state index in [0.717, 1.165) is 19.3 Å². The highest BCUT2D eigenvalue weighted by Gasteiger charge is 2.23. The summed E-state index contributed by atoms with van der Waals surface area (Å²) >= 11 is 1.17. The third-order valence-electron chi connectivity index (χ3n) is 4.83. The van der Waals surface area contributed by atoms with Gasteiger partial charge in [-0.25, -0.2) is 9.37 Å². The number of amides is 1. The third-order valence-corrected chi connectivity index (χ3v) is 5.77. The lowest BCUT2D eigenvalue weighted by Gasteiger charge is -2.29. The van der Waals surface area contributed by atoms with Crippen molar-refractivity contribution < 1.29 is 18.7 Å². The summed E-state index contributed by atoms with van der Waals surface area (Å²) in [6, 6.07) is 6.28. The lowest BCUT2D eigenvalue weighted by Crippen LogP contribution is -2.43. The minimum absolute atomic E-state index is 0.0133. The van der Waals surface area contributed by atoms with Crippen LogP contribution in [0.1, 0.15) is 32.6 Å². The number of nitrogens with one attached hydrogen (secondary N) is 1. The predicted octanol–water partition coefficient (Wildman–Crippen LogP) is 3.34. The zero-order valence-electron chi connectivity index (χ0n) is 15.8. The highest BCUT2D eigenvalue weighted by Crippen LogP contribution is 2.24. The third kappa shape index (κ3) is 5.58. The van der Waals surface area contributed by atoms with Crippen LogP contribution in [0.15, 0.2) is 41.8 Å². The van der Waals surface area contributed by atoms with Gasteiger partial charge < -0.3 is 10.1 Å². The molecule has 1 heterocycles. The van der Waals surface area contributed by atoms with Crippen molar-refractivity contribution in [3.63, 3.8) is 0 Å². The van der Waals surface area contributed by atoms with E-state index < -0.39 is 5.97 Å². The molecule has 2 aromatic rings. The fourth-order valence-corrected chi connectivity index (χ4v) is 4.08. The Morgan fingerprint density at radius 3 is 2.96 bits per heavy atom. The SMILES string of the molecule is C[C@H]1CCCC[C@H]1NC(=O)COC(=O)CSc1nccn1-c1cccc(F)c1. The van der Waals surface area contributed by atoms with E-state index in [1.165, 1.54) is 30.3 Å². The number of carbonyl (C=O) groups excluding carboxylic acids is 2. The molecule has 1 aliphatic carbocycles. The lowest BCUT2D eigenvalue weighted by atomic mass is 9.86. The lowest BCUT2D eigenvalue weighted by molar-refractivity contribution is -0.146. The van der Waals surface area contributed by atoms with Gasteiger partial charge in [-0.05, 0) is 37.0 Å². The van der Waals surface area contributed by atoms with Crippen LogP contribution in [0, 0.1) is 11.7 Å². The highest BCUT2D eigenvalue weighted by atomic mass is 32.2. The number of halogens is 1. The zero-order chi connectivity index (χ0) is 19.9. The Morgan fingerprint density at radius 1 is 1.36 bits per heavy atom. The van der Waals surface area contributed by atoms with E-state index in [2.05, 4.69) is 17.2 Å². The van der Waals surface area contributed by atoms with Gasteiger partial charge in [0.05, 0.1) is 11.4 Å². The largest absolute Gasteiger partial charge is 0.455 e. The van der Waals surface area contributed by atoms with Gasteiger partial charge in [-0.1, -0.05) is 37.6 Å². The molecule has 3 rings (SSSR count). The maximum Gasteiger partial charge on any atom is 0.316 e. The van der Waals surface area contributed by atoms with Crippen molar-refractivity contribution in [2.75, 3.05) is 12.4 Å². The van der Waals surface area contributed by atoms with E-state index in [1.54, 1.807) is 29.1 Å². The Morgan fingerprint density at radius 2 is 2.18 bits per heavy atom. The second kappa shape index (κ2) is 9.73. The summed E-state index contributed by atoms with van der Waals surface area (Å²) in [5, 5.41) is 3.50. The molecule has 0 unspecified atom stereocenters. The molecule has 6 nitrogen and oxygen atoms in total. The quantitative estimate of drug-likeness (QED) is 0.565. The number of carbonyl (C=O) groups is 2. The van der Waals surface area contributed by atoms with Crippen molar-refractivity contribution in [2.45, 2.75) is 43.8 Å². The first-order chi connectivity index (χ1) is 13.5. The Balaban J connectivity index is 1.45. The van der Waals surface area contributed by atoms with Crippen molar-refractivity contribution in [2.24, 2.45) is 5.92 Å². The van der Waals surface area contributed by atoms with E-state index in [4.69, 9.17) is 4.74 Å². The normalized spacial score (nSPS) is 19.2. The minimum atomic E-state index is -0.495. The average molecular weight is 405 g/mol. The summed E-state index contributed by atoms with van der Waals surface area (Å²) in [7, 11) is 0. The van der Waals surface area contributed by atoms with Gasteiger partial charge in [-0.15, -0.1) is 0 Å². The summed E-state index contributed by atoms with van der Waals surface area (Å²) in [4.78, 5) is 28.2. The van der Waals surface area contributed by atoms with Gasteiger partial charge in [-0.3, -0.25) is 14.2 Å². The van der Waals surface area contributed by atoms with Gasteiger partial charge in [0.2, 0.25) is 0 Å². The number of hydrogen-bond acceptors (Lipinski definition) is 5. The molecule has 0 spiro atoms. The first kappa shape index (κ1) is 20.4. The molecule has 0 saturated heterocycles. The smallest absolute Gasteiger partial charge is 0.316 e. The molecule has 0 radical (unpaired) electrons. The first-order valence-corrected chi connectivity index (χ1v) is 10.4. The molecule has 1 amide bonds. The van der Waals surface area contributed by atoms with Crippen LogP contribution >= 0.6 is 11.8 Å². The Hall–Kier alpha value is -2.35. The molecular formula is C20H24FN3O3S. The second-order valence-electron chi connectivity index (χ2n) is 6.94. The predicted molar refractivity (Wildman–Crippen MR) is 105 cm³/mol. The van der Waals surface area contributed by atoms with Crippen LogP contribution < -0.4 is 5.32 Å². The van der Waals surface area contributed by atoms with Crippen LogP contribution in [0.4, 0.5) is 4.39 Å². The van der Waals surface area contributed by atoms with Gasteiger partial charge in [-0.2, -0.15) is 0 Å². The monoisotopic (exact) mass is 405 g/mol. The number of ether oxygens (including phenoxy) is 1. The van der Waals surface area contributed by atoms with Crippen LogP contribution in [0.2, 0.25) is 0 Å². The number of thioether (sulfide) groups is 1. The molecule has 1 aliphatic rings. The number of hydrogen-bond donors (Lipinski definition) is 1. The summed E-state index contributed by atoms with van der Waals surface area (Å²) < 4.78 is 20.2. The van der Waals surface area contributed by atoms with E-state index in [0.29, 0.717) is 16.8 Å². The van der Waals surface area contributed by atoms with Crippen LogP contribution in [-0.4, -0.2) is 39.8 Å². The van der Waals surface area contributed by atoms with E-state index in [-0.39, 0.29) is 30.1 Å². The molecule has 1 aromatic carbocycles. The Kier molecular flexibility index (Phi) is 7.08. The molecule has 8 heteroatoms. The molecule has 1 saturated carbocycles. The van der Waals surface area contributed by atoms with Crippen LogP contribution in [0.5, 0.6) is 0 Å². The fraction of sp³-hybridized carbons (Fsp3) is 0.450. The molecule has 2 atom stereocenters. The van der Waals surface area contributed by atoms with Crippen molar-refractivity contribution in [3.05, 3.63) is 42.5 Å². The van der Waals surface area contributed by atoms with Crippen LogP contribution in [-0.2, 0) is 14.3 Å². The van der Waals surface area contributed by atoms with E-state index in [1.807, 2.05) is 0 Å². The van der Waals surface area contributed by atoms with Gasteiger partial charge >= 0.3 is 5.97 Å². The summed E-state index contributed by atoms with van der Waals surface area (Å²) in [5.74, 6) is -0.645. The van der Waals surface area contributed by atoms with Crippen molar-refractivity contribution in [1.29, 1.82) is 0 Å². The minimum Gasteiger partial charge on any atom is -0.455 e. The van der Waals surface area contributed by atoms with Crippen LogP contribution in [0.25, 0.3) is 5.69 Å². The molecule has 1 fully saturated rings. The molecule has 0 aliphatic heterocycles. The fourth-order valence-electron chi connectivity index (χ4n) is 3.31. The molecular weight excluding hydrogens is 381 g/mol. The van der Waals surface area contributed by atoms with Crippen molar-refractivity contribution in [1.82, 2.24) is 14.9 Å². The van der Waals surface area contributed by atoms with Crippen LogP contribution in [0.3, 0.4) is 0 Å². The maximum absolute atomic E-state index is 13.4. The molecule has 1 N–H and O–H groups in total. The summed E-state index contributed by atoms with van der Waals surface area (Å²) in [6.45, 7) is 1.86. The summed E-state index contributed by atoms with van der Waals surface area (Å²) in [5.41, 5.74) is 0.620. The summed E-state index contributed by atoms with van der Waals surface area (Å²) in [6.07, 6.45) is 7.67. The number of aromatic nitrogens is 2. The van der Waals surface area contributed by atoms with E-state index in [9.17, 15) is 14.0 Å². The van der Waals surface area contributed by atoms with Gasteiger partial charge in [0.25, 0.3) is 5.91 Å². The maximum atomic E-state index is 13.4. The van der Waals surface area contributed by atoms with Crippen molar-refractivity contribution in [3.8, 4) is 5.69 Å². The molecule has 28 heavy (non-hydrogen) atoms. The second-order valence-corrected chi connectivity index (χ2v) is 7.89. The Labute approximate surface area is 167 Å². The molecule has 150 valence electrons. The van der Waals surface area contributed by atoms with Gasteiger partial charge in [0.15, 0.2) is 11.8 Å². The topological polar surface area (TPSA) is 73.2 Å². The van der Waals surface area contributed by atoms with E-state index >= 15 is 0 Å². The zero-order valence-corrected chi connectivity index (χ0v) is 16.6. The number of rotatable bonds is 7. The van der Waals surface area contributed by atoms with Crippen molar-refractivity contribution >= 4 is 23.6 Å².